The molecule has 0 bridgehead atoms. The number of carbonyl (C=O) groups excluding carboxylic acids is 2. The Morgan fingerprint density at radius 1 is 1.03 bits per heavy atom. The van der Waals surface area contributed by atoms with Crippen LogP contribution < -0.4 is 10.6 Å². The fourth-order valence-corrected chi connectivity index (χ4v) is 5.00. The standard InChI is InChI=1S/C26H30N2O6/c1-33-15-23(25(30)31)28-24(29)16-7-6-8-17(13-16)27-26(32)34-14-22-20-11-4-2-9-18(20)19-10-3-5-12-21(19)22/h2-5,9-12,16-17,22-23H,6-8,13-15H2,1H3,(H,27,32)(H,28,29)(H,30,31)/t16-,17+,23?/m1/s1. The third-order valence-electron chi connectivity index (χ3n) is 6.66. The number of benzene rings is 2. The molecule has 1 unspecified atom stereocenters. The second kappa shape index (κ2) is 10.7. The maximum Gasteiger partial charge on any atom is 0.407 e. The zero-order valence-electron chi connectivity index (χ0n) is 19.2. The van der Waals surface area contributed by atoms with E-state index in [-0.39, 0.29) is 37.0 Å². The summed E-state index contributed by atoms with van der Waals surface area (Å²) in [6, 6.07) is 15.0. The van der Waals surface area contributed by atoms with Gasteiger partial charge in [0.05, 0.1) is 6.61 Å². The van der Waals surface area contributed by atoms with E-state index in [4.69, 9.17) is 9.47 Å². The van der Waals surface area contributed by atoms with E-state index in [0.29, 0.717) is 12.8 Å². The molecule has 0 spiro atoms. The zero-order valence-corrected chi connectivity index (χ0v) is 19.2. The monoisotopic (exact) mass is 466 g/mol. The Hall–Kier alpha value is -3.39. The summed E-state index contributed by atoms with van der Waals surface area (Å²) in [6.45, 7) is 0.128. The molecule has 2 aliphatic rings. The number of aliphatic carboxylic acids is 1. The second-order valence-corrected chi connectivity index (χ2v) is 8.89. The van der Waals surface area contributed by atoms with Crippen molar-refractivity contribution in [2.24, 2.45) is 5.92 Å². The highest BCUT2D eigenvalue weighted by Crippen LogP contribution is 2.44. The predicted molar refractivity (Wildman–Crippen MR) is 125 cm³/mol. The van der Waals surface area contributed by atoms with Crippen molar-refractivity contribution in [1.82, 2.24) is 10.6 Å². The molecule has 2 aliphatic carbocycles. The van der Waals surface area contributed by atoms with Gasteiger partial charge >= 0.3 is 12.1 Å². The number of amides is 2. The summed E-state index contributed by atoms with van der Waals surface area (Å²) in [5.74, 6) is -1.86. The van der Waals surface area contributed by atoms with Gasteiger partial charge in [0.1, 0.15) is 6.61 Å². The van der Waals surface area contributed by atoms with Gasteiger partial charge in [-0.2, -0.15) is 0 Å². The first kappa shape index (κ1) is 23.8. The number of rotatable bonds is 8. The van der Waals surface area contributed by atoms with Crippen LogP contribution in [-0.4, -0.2) is 55.5 Å². The molecule has 2 aromatic rings. The van der Waals surface area contributed by atoms with Crippen LogP contribution in [0.5, 0.6) is 0 Å². The van der Waals surface area contributed by atoms with Crippen LogP contribution in [0.15, 0.2) is 48.5 Å². The SMILES string of the molecule is COCC(NC(=O)[C@@H]1CCC[C@H](NC(=O)OCC2c3ccccc3-c3ccccc32)C1)C(=O)O. The van der Waals surface area contributed by atoms with Gasteiger partial charge in [-0.05, 0) is 41.5 Å². The highest BCUT2D eigenvalue weighted by Gasteiger charge is 2.32. The van der Waals surface area contributed by atoms with E-state index in [1.807, 2.05) is 24.3 Å². The number of hydrogen-bond acceptors (Lipinski definition) is 5. The Bertz CT molecular complexity index is 1010. The Labute approximate surface area is 198 Å². The molecule has 34 heavy (non-hydrogen) atoms. The van der Waals surface area contributed by atoms with Crippen LogP contribution in [0.2, 0.25) is 0 Å². The molecular formula is C26H30N2O6. The quantitative estimate of drug-likeness (QED) is 0.550. The molecule has 3 atom stereocenters. The van der Waals surface area contributed by atoms with E-state index in [9.17, 15) is 19.5 Å². The van der Waals surface area contributed by atoms with E-state index in [1.165, 1.54) is 18.2 Å². The first-order valence-corrected chi connectivity index (χ1v) is 11.6. The minimum atomic E-state index is -1.14. The van der Waals surface area contributed by atoms with Crippen molar-refractivity contribution >= 4 is 18.0 Å². The zero-order chi connectivity index (χ0) is 24.1. The van der Waals surface area contributed by atoms with Crippen molar-refractivity contribution < 1.29 is 29.0 Å². The molecule has 2 amide bonds. The van der Waals surface area contributed by atoms with Gasteiger partial charge in [-0.3, -0.25) is 4.79 Å². The van der Waals surface area contributed by atoms with Crippen LogP contribution in [0.1, 0.15) is 42.7 Å². The lowest BCUT2D eigenvalue weighted by molar-refractivity contribution is -0.144. The van der Waals surface area contributed by atoms with Gasteiger partial charge < -0.3 is 25.2 Å². The van der Waals surface area contributed by atoms with Crippen LogP contribution >= 0.6 is 0 Å². The fourth-order valence-electron chi connectivity index (χ4n) is 5.00. The molecule has 8 heteroatoms. The van der Waals surface area contributed by atoms with E-state index in [0.717, 1.165) is 24.0 Å². The molecule has 180 valence electrons. The second-order valence-electron chi connectivity index (χ2n) is 8.89. The molecule has 1 saturated carbocycles. The lowest BCUT2D eigenvalue weighted by atomic mass is 9.85. The number of fused-ring (bicyclic) bond motifs is 3. The molecule has 1 fully saturated rings. The lowest BCUT2D eigenvalue weighted by Crippen LogP contribution is -2.48. The largest absolute Gasteiger partial charge is 0.480 e. The van der Waals surface area contributed by atoms with E-state index < -0.39 is 18.1 Å². The third-order valence-corrected chi connectivity index (χ3v) is 6.66. The van der Waals surface area contributed by atoms with Crippen molar-refractivity contribution in [3.05, 3.63) is 59.7 Å². The number of ether oxygens (including phenoxy) is 2. The lowest BCUT2D eigenvalue weighted by Gasteiger charge is -2.29. The number of carboxylic acid groups (broad SMARTS) is 1. The molecule has 2 aromatic carbocycles. The van der Waals surface area contributed by atoms with Crippen LogP contribution in [0.3, 0.4) is 0 Å². The van der Waals surface area contributed by atoms with Gasteiger partial charge in [0.25, 0.3) is 0 Å². The molecule has 0 aliphatic heterocycles. The average Bonchev–Trinajstić information content (AvgIpc) is 3.16. The number of carbonyl (C=O) groups is 3. The number of alkyl carbamates (subject to hydrolysis) is 1. The summed E-state index contributed by atoms with van der Waals surface area (Å²) >= 11 is 0. The minimum Gasteiger partial charge on any atom is -0.480 e. The van der Waals surface area contributed by atoms with E-state index >= 15 is 0 Å². The van der Waals surface area contributed by atoms with Gasteiger partial charge in [0.2, 0.25) is 5.91 Å². The number of carboxylic acids is 1. The summed E-state index contributed by atoms with van der Waals surface area (Å²) in [6.07, 6.45) is 2.09. The molecule has 0 aromatic heterocycles. The predicted octanol–water partition coefficient (Wildman–Crippen LogP) is 3.30. The summed E-state index contributed by atoms with van der Waals surface area (Å²) in [7, 11) is 1.39. The highest BCUT2D eigenvalue weighted by molar-refractivity contribution is 5.85. The smallest absolute Gasteiger partial charge is 0.407 e. The van der Waals surface area contributed by atoms with E-state index in [1.54, 1.807) is 0 Å². The Morgan fingerprint density at radius 3 is 2.29 bits per heavy atom. The fraction of sp³-hybridized carbons (Fsp3) is 0.423. The molecule has 4 rings (SSSR count). The van der Waals surface area contributed by atoms with Crippen LogP contribution in [-0.2, 0) is 19.1 Å². The van der Waals surface area contributed by atoms with Crippen molar-refractivity contribution in [1.29, 1.82) is 0 Å². The van der Waals surface area contributed by atoms with Crippen LogP contribution in [0.25, 0.3) is 11.1 Å². The topological polar surface area (TPSA) is 114 Å². The summed E-state index contributed by atoms with van der Waals surface area (Å²) in [5.41, 5.74) is 4.63. The van der Waals surface area contributed by atoms with Crippen molar-refractivity contribution in [3.8, 4) is 11.1 Å². The number of hydrogen-bond donors (Lipinski definition) is 3. The van der Waals surface area contributed by atoms with Gasteiger partial charge in [0.15, 0.2) is 6.04 Å². The van der Waals surface area contributed by atoms with E-state index in [2.05, 4.69) is 34.9 Å². The maximum absolute atomic E-state index is 12.6. The van der Waals surface area contributed by atoms with Gasteiger partial charge in [-0.15, -0.1) is 0 Å². The first-order chi connectivity index (χ1) is 16.5. The summed E-state index contributed by atoms with van der Waals surface area (Å²) in [4.78, 5) is 36.5. The Balaban J connectivity index is 1.31. The van der Waals surface area contributed by atoms with Crippen LogP contribution in [0.4, 0.5) is 4.79 Å². The third kappa shape index (κ3) is 5.22. The van der Waals surface area contributed by atoms with Crippen molar-refractivity contribution in [3.63, 3.8) is 0 Å². The van der Waals surface area contributed by atoms with Crippen LogP contribution in [0, 0.1) is 5.92 Å². The Kier molecular flexibility index (Phi) is 7.47. The number of nitrogens with one attached hydrogen (secondary N) is 2. The Morgan fingerprint density at radius 2 is 1.68 bits per heavy atom. The van der Waals surface area contributed by atoms with Gasteiger partial charge in [0, 0.05) is 25.0 Å². The first-order valence-electron chi connectivity index (χ1n) is 11.6. The molecular weight excluding hydrogens is 436 g/mol. The average molecular weight is 467 g/mol. The summed E-state index contributed by atoms with van der Waals surface area (Å²) < 4.78 is 10.5. The van der Waals surface area contributed by atoms with Crippen molar-refractivity contribution in [2.45, 2.75) is 43.7 Å². The van der Waals surface area contributed by atoms with Gasteiger partial charge in [-0.1, -0.05) is 55.0 Å². The molecule has 8 nitrogen and oxygen atoms in total. The van der Waals surface area contributed by atoms with Crippen molar-refractivity contribution in [2.75, 3.05) is 20.3 Å². The highest BCUT2D eigenvalue weighted by atomic mass is 16.5. The maximum atomic E-state index is 12.6. The number of methoxy groups -OCH3 is 1. The summed E-state index contributed by atoms with van der Waals surface area (Å²) in [5, 5.41) is 14.7. The van der Waals surface area contributed by atoms with Gasteiger partial charge in [-0.25, -0.2) is 9.59 Å². The molecule has 0 saturated heterocycles. The molecule has 0 radical (unpaired) electrons. The minimum absolute atomic E-state index is 0.0169. The molecule has 0 heterocycles. The normalized spacial score (nSPS) is 20.0. The molecule has 3 N–H and O–H groups in total.